The Labute approximate surface area is 342 Å². The molecule has 5 unspecified atom stereocenters. The average molecular weight is 793 g/mol. The van der Waals surface area contributed by atoms with Crippen molar-refractivity contribution in [2.24, 2.45) is 63.5 Å². The summed E-state index contributed by atoms with van der Waals surface area (Å²) in [5.41, 5.74) is 17.8. The van der Waals surface area contributed by atoms with Crippen molar-refractivity contribution in [1.29, 1.82) is 0 Å². The molecule has 4 rings (SSSR count). The Morgan fingerprint density at radius 1 is 0.732 bits per heavy atom. The van der Waals surface area contributed by atoms with Crippen molar-refractivity contribution in [2.45, 2.75) is 162 Å². The van der Waals surface area contributed by atoms with Gasteiger partial charge in [0.05, 0.1) is 18.3 Å². The molecule has 9 N–H and O–H groups in total. The second-order valence-electron chi connectivity index (χ2n) is 19.6. The summed E-state index contributed by atoms with van der Waals surface area (Å²) in [6.45, 7) is 22.5. The smallest absolute Gasteiger partial charge is 0.407 e. The highest BCUT2D eigenvalue weighted by Gasteiger charge is 2.66. The molecule has 11 atom stereocenters. The number of hydrogen-bond acceptors (Lipinski definition) is 10. The lowest BCUT2D eigenvalue weighted by atomic mass is 9.43. The molecule has 4 aliphatic carbocycles. The van der Waals surface area contributed by atoms with Crippen molar-refractivity contribution in [1.82, 2.24) is 16.0 Å². The Balaban J connectivity index is 1.29. The topological polar surface area (TPSA) is 168 Å². The zero-order valence-electron chi connectivity index (χ0n) is 36.9. The van der Waals surface area contributed by atoms with Gasteiger partial charge in [0.1, 0.15) is 5.60 Å². The number of ether oxygens (including phenoxy) is 4. The van der Waals surface area contributed by atoms with E-state index in [-0.39, 0.29) is 29.1 Å². The van der Waals surface area contributed by atoms with Gasteiger partial charge >= 0.3 is 6.09 Å². The van der Waals surface area contributed by atoms with Gasteiger partial charge in [-0.2, -0.15) is 0 Å². The van der Waals surface area contributed by atoms with Crippen LogP contribution < -0.4 is 33.2 Å². The van der Waals surface area contributed by atoms with Gasteiger partial charge in [0.15, 0.2) is 0 Å². The predicted octanol–water partition coefficient (Wildman–Crippen LogP) is 6.36. The maximum absolute atomic E-state index is 11.8. The van der Waals surface area contributed by atoms with Crippen molar-refractivity contribution in [3.63, 3.8) is 0 Å². The van der Waals surface area contributed by atoms with Crippen LogP contribution in [0.15, 0.2) is 0 Å². The zero-order valence-corrected chi connectivity index (χ0v) is 36.9. The van der Waals surface area contributed by atoms with Crippen molar-refractivity contribution >= 4 is 6.09 Å². The number of nitrogens with one attached hydrogen (secondary N) is 3. The van der Waals surface area contributed by atoms with Gasteiger partial charge in [-0.3, -0.25) is 0 Å². The van der Waals surface area contributed by atoms with E-state index < -0.39 is 5.60 Å². The molecule has 328 valence electrons. The fraction of sp³-hybridized carbons (Fsp3) is 0.978. The average Bonchev–Trinajstić information content (AvgIpc) is 3.51. The quantitative estimate of drug-likeness (QED) is 0.0543. The van der Waals surface area contributed by atoms with E-state index in [0.29, 0.717) is 67.8 Å². The SMILES string of the molecule is C[C@H](CCCNCCCCNCCCNC(=O)OC(C)(C)C)C1CC[C@H]2C3C(OCCCN)CC4C[C@H](OCCCN)CC[C@]4(C)[C@H]3CC(OCCCN)[C@]12C. The number of unbranched alkanes of at least 4 members (excludes halogenated alkanes) is 1. The number of carbonyl (C=O) groups excluding carboxylic acids is 1. The molecule has 56 heavy (non-hydrogen) atoms. The van der Waals surface area contributed by atoms with Gasteiger partial charge in [0.25, 0.3) is 0 Å². The molecule has 4 fully saturated rings. The lowest BCUT2D eigenvalue weighted by Gasteiger charge is -2.65. The second kappa shape index (κ2) is 23.7. The van der Waals surface area contributed by atoms with Gasteiger partial charge in [0, 0.05) is 31.8 Å². The lowest BCUT2D eigenvalue weighted by molar-refractivity contribution is -0.227. The molecule has 0 saturated heterocycles. The maximum Gasteiger partial charge on any atom is 0.407 e. The lowest BCUT2D eigenvalue weighted by Crippen LogP contribution is -2.63. The Morgan fingerprint density at radius 3 is 2.02 bits per heavy atom. The van der Waals surface area contributed by atoms with Crippen LogP contribution >= 0.6 is 0 Å². The highest BCUT2D eigenvalue weighted by Crippen LogP contribution is 2.69. The third-order valence-electron chi connectivity index (χ3n) is 14.7. The Morgan fingerprint density at radius 2 is 1.36 bits per heavy atom. The fourth-order valence-electron chi connectivity index (χ4n) is 11.8. The van der Waals surface area contributed by atoms with E-state index in [1.54, 1.807) is 0 Å². The summed E-state index contributed by atoms with van der Waals surface area (Å²) in [6, 6.07) is 0. The molecule has 11 nitrogen and oxygen atoms in total. The molecular weight excluding hydrogens is 705 g/mol. The van der Waals surface area contributed by atoms with Crippen LogP contribution in [0.5, 0.6) is 0 Å². The van der Waals surface area contributed by atoms with Crippen LogP contribution in [0, 0.1) is 46.3 Å². The number of amides is 1. The molecule has 11 heteroatoms. The van der Waals surface area contributed by atoms with Crippen LogP contribution in [0.2, 0.25) is 0 Å². The number of carbonyl (C=O) groups is 1. The minimum atomic E-state index is -0.458. The summed E-state index contributed by atoms with van der Waals surface area (Å²) in [5.74, 6) is 3.71. The van der Waals surface area contributed by atoms with Crippen molar-refractivity contribution < 1.29 is 23.7 Å². The molecule has 0 aromatic rings. The van der Waals surface area contributed by atoms with Gasteiger partial charge in [-0.25, -0.2) is 4.79 Å². The van der Waals surface area contributed by atoms with Gasteiger partial charge in [0.2, 0.25) is 0 Å². The fourth-order valence-corrected chi connectivity index (χ4v) is 11.8. The predicted molar refractivity (Wildman–Crippen MR) is 228 cm³/mol. The third-order valence-corrected chi connectivity index (χ3v) is 14.7. The first-order valence-corrected chi connectivity index (χ1v) is 23.2. The van der Waals surface area contributed by atoms with Crippen LogP contribution in [0.25, 0.3) is 0 Å². The summed E-state index contributed by atoms with van der Waals surface area (Å²) in [6.07, 6.45) is 17.4. The molecule has 4 saturated carbocycles. The Bertz CT molecular complexity index is 1110. The molecule has 0 aliphatic heterocycles. The number of nitrogens with two attached hydrogens (primary N) is 3. The molecule has 0 aromatic heterocycles. The summed E-state index contributed by atoms with van der Waals surface area (Å²) >= 11 is 0. The number of rotatable bonds is 26. The van der Waals surface area contributed by atoms with Crippen LogP contribution in [0.3, 0.4) is 0 Å². The van der Waals surface area contributed by atoms with E-state index in [9.17, 15) is 4.79 Å². The summed E-state index contributed by atoms with van der Waals surface area (Å²) < 4.78 is 25.7. The van der Waals surface area contributed by atoms with Gasteiger partial charge in [-0.15, -0.1) is 0 Å². The normalized spacial score (nSPS) is 33.4. The summed E-state index contributed by atoms with van der Waals surface area (Å²) in [4.78, 5) is 11.8. The first kappa shape index (κ1) is 47.6. The van der Waals surface area contributed by atoms with E-state index in [1.165, 1.54) is 38.5 Å². The molecule has 0 heterocycles. The van der Waals surface area contributed by atoms with E-state index in [1.807, 2.05) is 20.8 Å². The van der Waals surface area contributed by atoms with E-state index in [4.69, 9.17) is 36.1 Å². The molecular formula is C45H88N6O5. The molecule has 1 amide bonds. The first-order chi connectivity index (χ1) is 26.9. The number of hydrogen-bond donors (Lipinski definition) is 6. The van der Waals surface area contributed by atoms with Crippen molar-refractivity contribution in [3.8, 4) is 0 Å². The molecule has 0 aromatic carbocycles. The number of alkyl carbamates (subject to hydrolysis) is 1. The highest BCUT2D eigenvalue weighted by atomic mass is 16.6. The van der Waals surface area contributed by atoms with Crippen LogP contribution in [-0.4, -0.2) is 102 Å². The van der Waals surface area contributed by atoms with Crippen molar-refractivity contribution in [2.75, 3.05) is 72.2 Å². The molecule has 0 radical (unpaired) electrons. The van der Waals surface area contributed by atoms with E-state index in [0.717, 1.165) is 104 Å². The largest absolute Gasteiger partial charge is 0.444 e. The maximum atomic E-state index is 11.8. The highest BCUT2D eigenvalue weighted by molar-refractivity contribution is 5.67. The number of fused-ring (bicyclic) bond motifs is 5. The molecule has 0 bridgehead atoms. The minimum absolute atomic E-state index is 0.141. The van der Waals surface area contributed by atoms with Crippen LogP contribution in [0.4, 0.5) is 4.79 Å². The minimum Gasteiger partial charge on any atom is -0.444 e. The summed E-state index contributed by atoms with van der Waals surface area (Å²) in [5, 5.41) is 10.1. The van der Waals surface area contributed by atoms with E-state index >= 15 is 0 Å². The Kier molecular flexibility index (Phi) is 20.1. The molecule has 0 spiro atoms. The monoisotopic (exact) mass is 793 g/mol. The standard InChI is InChI=1S/C45H88N6O5/c1-33(14-9-24-49-22-7-8-23-50-25-13-26-51-42(52)56-43(2,3)4)36-15-16-37-41-38(32-40(45(36,37)6)55-29-12-21-48)44(5)18-17-35(53-27-10-19-46)30-34(44)31-39(41)54-28-11-20-47/h33-41,49-50H,7-32,46-48H2,1-6H3,(H,51,52)/t33-,34?,35-,36?,37+,38+,39?,40?,41?,44+,45-/m1/s1. The second-order valence-corrected chi connectivity index (χ2v) is 19.6. The van der Waals surface area contributed by atoms with Crippen LogP contribution in [-0.2, 0) is 18.9 Å². The van der Waals surface area contributed by atoms with Gasteiger partial charge in [-0.05, 0) is 204 Å². The van der Waals surface area contributed by atoms with Crippen LogP contribution in [0.1, 0.15) is 138 Å². The third kappa shape index (κ3) is 13.2. The van der Waals surface area contributed by atoms with Crippen molar-refractivity contribution in [3.05, 3.63) is 0 Å². The molecule has 4 aliphatic rings. The van der Waals surface area contributed by atoms with Gasteiger partial charge in [-0.1, -0.05) is 20.8 Å². The first-order valence-electron chi connectivity index (χ1n) is 23.2. The Hall–Kier alpha value is -1.05. The van der Waals surface area contributed by atoms with E-state index in [2.05, 4.69) is 36.7 Å². The zero-order chi connectivity index (χ0) is 40.6. The summed E-state index contributed by atoms with van der Waals surface area (Å²) in [7, 11) is 0. The van der Waals surface area contributed by atoms with Gasteiger partial charge < -0.3 is 52.1 Å².